The number of likely N-dealkylation sites (tertiary alicyclic amines) is 1. The third-order valence-electron chi connectivity index (χ3n) is 3.69. The minimum Gasteiger partial charge on any atom is -0.337 e. The van der Waals surface area contributed by atoms with Crippen molar-refractivity contribution in [2.45, 2.75) is 51.6 Å². The molecule has 1 aromatic heterocycles. The lowest BCUT2D eigenvalue weighted by atomic mass is 9.96. The van der Waals surface area contributed by atoms with Crippen LogP contribution >= 0.6 is 0 Å². The summed E-state index contributed by atoms with van der Waals surface area (Å²) >= 11 is 0. The molecule has 1 fully saturated rings. The number of nitrogens with zero attached hydrogens (tertiary/aromatic N) is 3. The van der Waals surface area contributed by atoms with Crippen molar-refractivity contribution in [1.82, 2.24) is 25.1 Å². The van der Waals surface area contributed by atoms with Crippen LogP contribution in [0, 0.1) is 0 Å². The minimum atomic E-state index is -3.21. The van der Waals surface area contributed by atoms with Crippen molar-refractivity contribution in [1.29, 1.82) is 0 Å². The maximum Gasteiger partial charge on any atom is 0.317 e. The summed E-state index contributed by atoms with van der Waals surface area (Å²) in [7, 11) is -3.21. The summed E-state index contributed by atoms with van der Waals surface area (Å²) in [5.41, 5.74) is -0.208. The number of carbonyl (C=O) groups is 1. The highest BCUT2D eigenvalue weighted by Gasteiger charge is 2.25. The van der Waals surface area contributed by atoms with Gasteiger partial charge in [-0.15, -0.1) is 0 Å². The van der Waals surface area contributed by atoms with Gasteiger partial charge in [-0.05, 0) is 12.8 Å². The van der Waals surface area contributed by atoms with Gasteiger partial charge in [-0.2, -0.15) is 4.98 Å². The van der Waals surface area contributed by atoms with Gasteiger partial charge in [-0.1, -0.05) is 25.9 Å². The third-order valence-corrected chi connectivity index (χ3v) is 4.45. The van der Waals surface area contributed by atoms with Gasteiger partial charge in [0.25, 0.3) is 0 Å². The Labute approximate surface area is 142 Å². The van der Waals surface area contributed by atoms with Crippen molar-refractivity contribution in [2.75, 3.05) is 19.3 Å². The van der Waals surface area contributed by atoms with Crippen molar-refractivity contribution in [2.24, 2.45) is 0 Å². The Bertz CT molecular complexity index is 672. The van der Waals surface area contributed by atoms with Crippen LogP contribution in [0.15, 0.2) is 4.52 Å². The third kappa shape index (κ3) is 5.45. The first kappa shape index (κ1) is 18.7. The second kappa shape index (κ2) is 7.06. The van der Waals surface area contributed by atoms with E-state index in [0.717, 1.165) is 6.26 Å². The number of amides is 2. The number of rotatable bonds is 4. The Morgan fingerprint density at radius 1 is 1.33 bits per heavy atom. The van der Waals surface area contributed by atoms with Crippen LogP contribution in [0.3, 0.4) is 0 Å². The molecule has 0 saturated carbocycles. The van der Waals surface area contributed by atoms with E-state index in [-0.39, 0.29) is 24.0 Å². The zero-order valence-corrected chi connectivity index (χ0v) is 15.3. The molecule has 2 rings (SSSR count). The lowest BCUT2D eigenvalue weighted by molar-refractivity contribution is 0.178. The first-order valence-corrected chi connectivity index (χ1v) is 9.77. The molecule has 0 atom stereocenters. The zero-order chi connectivity index (χ0) is 18.0. The van der Waals surface area contributed by atoms with Gasteiger partial charge in [0.05, 0.1) is 12.8 Å². The van der Waals surface area contributed by atoms with Crippen LogP contribution in [0.5, 0.6) is 0 Å². The zero-order valence-electron chi connectivity index (χ0n) is 14.5. The number of piperidine rings is 1. The van der Waals surface area contributed by atoms with Gasteiger partial charge in [0, 0.05) is 24.5 Å². The van der Waals surface area contributed by atoms with Crippen molar-refractivity contribution in [3.8, 4) is 0 Å². The van der Waals surface area contributed by atoms with E-state index in [1.807, 2.05) is 20.8 Å². The molecule has 1 aromatic rings. The van der Waals surface area contributed by atoms with E-state index < -0.39 is 10.0 Å². The summed E-state index contributed by atoms with van der Waals surface area (Å²) in [5, 5.41) is 6.65. The average molecular weight is 359 g/mol. The molecule has 9 nitrogen and oxygen atoms in total. The maximum absolute atomic E-state index is 12.2. The topological polar surface area (TPSA) is 117 Å². The van der Waals surface area contributed by atoms with Gasteiger partial charge in [-0.3, -0.25) is 0 Å². The second-order valence-corrected chi connectivity index (χ2v) is 8.85. The number of aromatic nitrogens is 2. The fraction of sp³-hybridized carbons (Fsp3) is 0.786. The molecule has 0 unspecified atom stereocenters. The van der Waals surface area contributed by atoms with Gasteiger partial charge in [0.2, 0.25) is 15.9 Å². The molecular formula is C14H25N5O4S. The van der Waals surface area contributed by atoms with E-state index in [1.54, 1.807) is 4.90 Å². The normalized spacial score (nSPS) is 17.1. The van der Waals surface area contributed by atoms with Crippen LogP contribution in [0.2, 0.25) is 0 Å². The van der Waals surface area contributed by atoms with E-state index in [0.29, 0.717) is 37.6 Å². The number of hydrogen-bond acceptors (Lipinski definition) is 6. The molecule has 0 spiro atoms. The monoisotopic (exact) mass is 359 g/mol. The standard InChI is InChI=1S/C14H25N5O4S/c1-14(2,3)12-16-11(23-17-12)9-15-13(20)19-7-5-10(6-8-19)18-24(4,21)22/h10,18H,5-9H2,1-4H3,(H,15,20). The predicted octanol–water partition coefficient (Wildman–Crippen LogP) is 0.590. The van der Waals surface area contributed by atoms with E-state index in [2.05, 4.69) is 20.2 Å². The molecule has 0 bridgehead atoms. The van der Waals surface area contributed by atoms with Gasteiger partial charge in [0.1, 0.15) is 0 Å². The molecule has 1 saturated heterocycles. The molecule has 0 radical (unpaired) electrons. The number of nitrogens with one attached hydrogen (secondary N) is 2. The van der Waals surface area contributed by atoms with Gasteiger partial charge < -0.3 is 14.7 Å². The van der Waals surface area contributed by atoms with Crippen molar-refractivity contribution < 1.29 is 17.7 Å². The Balaban J connectivity index is 1.79. The molecule has 24 heavy (non-hydrogen) atoms. The Morgan fingerprint density at radius 3 is 2.46 bits per heavy atom. The smallest absolute Gasteiger partial charge is 0.317 e. The summed E-state index contributed by atoms with van der Waals surface area (Å²) in [5.74, 6) is 0.960. The molecule has 2 heterocycles. The number of urea groups is 1. The SMILES string of the molecule is CC(C)(C)c1noc(CNC(=O)N2CCC(NS(C)(=O)=O)CC2)n1. The fourth-order valence-electron chi connectivity index (χ4n) is 2.40. The first-order chi connectivity index (χ1) is 11.0. The summed E-state index contributed by atoms with van der Waals surface area (Å²) in [6, 6.07) is -0.336. The summed E-state index contributed by atoms with van der Waals surface area (Å²) < 4.78 is 30.1. The second-order valence-electron chi connectivity index (χ2n) is 7.07. The minimum absolute atomic E-state index is 0.116. The van der Waals surface area contributed by atoms with Crippen LogP contribution in [0.4, 0.5) is 4.79 Å². The summed E-state index contributed by atoms with van der Waals surface area (Å²) in [6.07, 6.45) is 2.33. The van der Waals surface area contributed by atoms with Gasteiger partial charge in [0.15, 0.2) is 5.82 Å². The molecule has 2 amide bonds. The summed E-state index contributed by atoms with van der Waals surface area (Å²) in [4.78, 5) is 18.1. The Morgan fingerprint density at radius 2 is 1.96 bits per heavy atom. The fourth-order valence-corrected chi connectivity index (χ4v) is 3.24. The highest BCUT2D eigenvalue weighted by atomic mass is 32.2. The molecule has 0 aromatic carbocycles. The van der Waals surface area contributed by atoms with E-state index in [4.69, 9.17) is 4.52 Å². The molecule has 1 aliphatic heterocycles. The van der Waals surface area contributed by atoms with Crippen LogP contribution in [-0.4, -0.2) is 54.9 Å². The lowest BCUT2D eigenvalue weighted by Crippen LogP contribution is -2.49. The van der Waals surface area contributed by atoms with Crippen molar-refractivity contribution in [3.63, 3.8) is 0 Å². The van der Waals surface area contributed by atoms with E-state index in [1.165, 1.54) is 0 Å². The molecule has 136 valence electrons. The predicted molar refractivity (Wildman–Crippen MR) is 87.8 cm³/mol. The van der Waals surface area contributed by atoms with Crippen molar-refractivity contribution in [3.05, 3.63) is 11.7 Å². The Hall–Kier alpha value is -1.68. The summed E-state index contributed by atoms with van der Waals surface area (Å²) in [6.45, 7) is 7.11. The average Bonchev–Trinajstić information content (AvgIpc) is 2.93. The quantitative estimate of drug-likeness (QED) is 0.812. The first-order valence-electron chi connectivity index (χ1n) is 7.88. The molecule has 1 aliphatic rings. The number of carbonyl (C=O) groups excluding carboxylic acids is 1. The highest BCUT2D eigenvalue weighted by Crippen LogP contribution is 2.18. The van der Waals surface area contributed by atoms with E-state index >= 15 is 0 Å². The molecule has 10 heteroatoms. The van der Waals surface area contributed by atoms with Crippen LogP contribution in [0.25, 0.3) is 0 Å². The van der Waals surface area contributed by atoms with Gasteiger partial charge in [-0.25, -0.2) is 17.9 Å². The molecule has 0 aliphatic carbocycles. The van der Waals surface area contributed by atoms with Crippen LogP contribution < -0.4 is 10.0 Å². The number of sulfonamides is 1. The molecule has 2 N–H and O–H groups in total. The number of hydrogen-bond donors (Lipinski definition) is 2. The van der Waals surface area contributed by atoms with Crippen molar-refractivity contribution >= 4 is 16.1 Å². The molecular weight excluding hydrogens is 334 g/mol. The maximum atomic E-state index is 12.2. The van der Waals surface area contributed by atoms with Gasteiger partial charge >= 0.3 is 6.03 Å². The lowest BCUT2D eigenvalue weighted by Gasteiger charge is -2.31. The van der Waals surface area contributed by atoms with Crippen LogP contribution in [0.1, 0.15) is 45.3 Å². The van der Waals surface area contributed by atoms with E-state index in [9.17, 15) is 13.2 Å². The highest BCUT2D eigenvalue weighted by molar-refractivity contribution is 7.88. The van der Waals surface area contributed by atoms with Crippen LogP contribution in [-0.2, 0) is 22.0 Å². The largest absolute Gasteiger partial charge is 0.337 e. The Kier molecular flexibility index (Phi) is 5.49.